The van der Waals surface area contributed by atoms with Crippen LogP contribution in [-0.4, -0.2) is 5.91 Å². The largest absolute Gasteiger partial charge is 0.489 e. The van der Waals surface area contributed by atoms with E-state index in [4.69, 9.17) is 4.74 Å². The third-order valence-electron chi connectivity index (χ3n) is 4.91. The maximum absolute atomic E-state index is 13.0. The molecule has 4 aromatic rings. The Morgan fingerprint density at radius 2 is 1.66 bits per heavy atom. The second-order valence-corrected chi connectivity index (χ2v) is 7.13. The van der Waals surface area contributed by atoms with E-state index in [0.717, 1.165) is 16.3 Å². The molecule has 0 saturated heterocycles. The number of carbonyl (C=O) groups is 1. The van der Waals surface area contributed by atoms with Crippen molar-refractivity contribution in [3.63, 3.8) is 0 Å². The summed E-state index contributed by atoms with van der Waals surface area (Å²) in [4.78, 5) is 12.7. The number of carbonyl (C=O) groups excluding carboxylic acids is 1. The molecule has 1 amide bonds. The summed E-state index contributed by atoms with van der Waals surface area (Å²) < 4.78 is 18.7. The van der Waals surface area contributed by atoms with E-state index in [1.165, 1.54) is 18.2 Å². The second-order valence-electron chi connectivity index (χ2n) is 7.13. The average Bonchev–Trinajstić information content (AvgIpc) is 2.83. The molecular weight excluding hydrogens is 403 g/mol. The number of hydrogen-bond donors (Lipinski definition) is 1. The van der Waals surface area contributed by atoms with Crippen LogP contribution in [0.5, 0.6) is 5.75 Å². The van der Waals surface area contributed by atoms with Gasteiger partial charge >= 0.3 is 0 Å². The van der Waals surface area contributed by atoms with E-state index in [1.807, 2.05) is 48.5 Å². The topological polar surface area (TPSA) is 62.1 Å². The van der Waals surface area contributed by atoms with Gasteiger partial charge in [-0.2, -0.15) is 5.26 Å². The first-order valence-electron chi connectivity index (χ1n) is 10.0. The van der Waals surface area contributed by atoms with Crippen LogP contribution in [0.2, 0.25) is 0 Å². The fraction of sp³-hybridized carbons (Fsp3) is 0.0370. The Hall–Kier alpha value is -4.43. The predicted octanol–water partition coefficient (Wildman–Crippen LogP) is 6.10. The van der Waals surface area contributed by atoms with Crippen molar-refractivity contribution in [2.45, 2.75) is 6.61 Å². The molecule has 5 heteroatoms. The standard InChI is InChI=1S/C27H19FN2O2/c28-23-12-8-20(9-13-23)18-32-24-14-10-19(11-15-24)16-22(17-29)27(31)30-26-7-3-5-21-4-1-2-6-25(21)26/h1-16H,18H2,(H,30,31)/b22-16+. The first-order chi connectivity index (χ1) is 15.6. The van der Waals surface area contributed by atoms with Crippen LogP contribution >= 0.6 is 0 Å². The summed E-state index contributed by atoms with van der Waals surface area (Å²) in [5.41, 5.74) is 2.20. The highest BCUT2D eigenvalue weighted by atomic mass is 19.1. The molecule has 0 saturated carbocycles. The number of ether oxygens (including phenoxy) is 1. The molecule has 0 aliphatic rings. The van der Waals surface area contributed by atoms with Gasteiger partial charge in [-0.05, 0) is 52.9 Å². The summed E-state index contributed by atoms with van der Waals surface area (Å²) in [6.07, 6.45) is 1.53. The van der Waals surface area contributed by atoms with Crippen LogP contribution in [0.1, 0.15) is 11.1 Å². The minimum Gasteiger partial charge on any atom is -0.489 e. The van der Waals surface area contributed by atoms with Crippen LogP contribution in [0, 0.1) is 17.1 Å². The van der Waals surface area contributed by atoms with Gasteiger partial charge in [-0.15, -0.1) is 0 Å². The van der Waals surface area contributed by atoms with Gasteiger partial charge in [0, 0.05) is 11.1 Å². The number of nitriles is 1. The minimum absolute atomic E-state index is 0.00193. The zero-order valence-corrected chi connectivity index (χ0v) is 17.1. The summed E-state index contributed by atoms with van der Waals surface area (Å²) in [7, 11) is 0. The average molecular weight is 422 g/mol. The highest BCUT2D eigenvalue weighted by molar-refractivity contribution is 6.12. The lowest BCUT2D eigenvalue weighted by molar-refractivity contribution is -0.112. The third-order valence-corrected chi connectivity index (χ3v) is 4.91. The SMILES string of the molecule is N#C/C(=C\c1ccc(OCc2ccc(F)cc2)cc1)C(=O)Nc1cccc2ccccc12. The van der Waals surface area contributed by atoms with Crippen molar-refractivity contribution in [3.8, 4) is 11.8 Å². The van der Waals surface area contributed by atoms with Gasteiger partial charge in [0.2, 0.25) is 0 Å². The number of anilines is 1. The summed E-state index contributed by atoms with van der Waals surface area (Å²) in [6.45, 7) is 0.312. The first-order valence-corrected chi connectivity index (χ1v) is 10.0. The van der Waals surface area contributed by atoms with Crippen LogP contribution in [0.4, 0.5) is 10.1 Å². The Morgan fingerprint density at radius 1 is 0.938 bits per heavy atom. The summed E-state index contributed by atoms with van der Waals surface area (Å²) in [5.74, 6) is -0.131. The molecule has 4 rings (SSSR count). The van der Waals surface area contributed by atoms with Gasteiger partial charge in [0.1, 0.15) is 29.8 Å². The maximum atomic E-state index is 13.0. The van der Waals surface area contributed by atoms with Gasteiger partial charge in [-0.3, -0.25) is 4.79 Å². The van der Waals surface area contributed by atoms with E-state index in [9.17, 15) is 14.4 Å². The molecule has 0 aliphatic carbocycles. The number of fused-ring (bicyclic) bond motifs is 1. The number of benzene rings is 4. The van der Waals surface area contributed by atoms with Crippen LogP contribution in [-0.2, 0) is 11.4 Å². The molecule has 0 aromatic heterocycles. The zero-order valence-electron chi connectivity index (χ0n) is 17.1. The van der Waals surface area contributed by atoms with E-state index in [2.05, 4.69) is 5.32 Å². The molecule has 32 heavy (non-hydrogen) atoms. The highest BCUT2D eigenvalue weighted by Crippen LogP contribution is 2.24. The Balaban J connectivity index is 1.44. The first kappa shape index (κ1) is 20.8. The molecule has 4 aromatic carbocycles. The van der Waals surface area contributed by atoms with Gasteiger partial charge in [0.15, 0.2) is 0 Å². The van der Waals surface area contributed by atoms with Crippen LogP contribution in [0.25, 0.3) is 16.8 Å². The molecule has 0 atom stereocenters. The molecule has 0 aliphatic heterocycles. The van der Waals surface area contributed by atoms with E-state index in [1.54, 1.807) is 36.4 Å². The normalized spacial score (nSPS) is 11.1. The van der Waals surface area contributed by atoms with E-state index in [-0.39, 0.29) is 11.4 Å². The molecule has 156 valence electrons. The van der Waals surface area contributed by atoms with Gasteiger partial charge in [0.25, 0.3) is 5.91 Å². The molecule has 0 radical (unpaired) electrons. The molecule has 0 fully saturated rings. The van der Waals surface area contributed by atoms with Crippen molar-refractivity contribution in [2.75, 3.05) is 5.32 Å². The van der Waals surface area contributed by atoms with E-state index >= 15 is 0 Å². The number of rotatable bonds is 6. The number of amides is 1. The maximum Gasteiger partial charge on any atom is 0.266 e. The monoisotopic (exact) mass is 422 g/mol. The number of nitrogens with one attached hydrogen (secondary N) is 1. The highest BCUT2D eigenvalue weighted by Gasteiger charge is 2.11. The molecule has 0 spiro atoms. The van der Waals surface area contributed by atoms with Gasteiger partial charge in [0.05, 0.1) is 0 Å². The smallest absolute Gasteiger partial charge is 0.266 e. The lowest BCUT2D eigenvalue weighted by atomic mass is 10.1. The lowest BCUT2D eigenvalue weighted by Gasteiger charge is -2.08. The van der Waals surface area contributed by atoms with Crippen molar-refractivity contribution in [1.82, 2.24) is 0 Å². The Labute approximate surface area is 185 Å². The summed E-state index contributed by atoms with van der Waals surface area (Å²) in [5, 5.41) is 14.2. The quantitative estimate of drug-likeness (QED) is 0.301. The second kappa shape index (κ2) is 9.59. The number of halogens is 1. The molecule has 1 N–H and O–H groups in total. The zero-order chi connectivity index (χ0) is 22.3. The van der Waals surface area contributed by atoms with Crippen molar-refractivity contribution in [3.05, 3.63) is 114 Å². The molecule has 4 nitrogen and oxygen atoms in total. The van der Waals surface area contributed by atoms with Crippen LogP contribution < -0.4 is 10.1 Å². The van der Waals surface area contributed by atoms with Gasteiger partial charge in [-0.1, -0.05) is 60.7 Å². The van der Waals surface area contributed by atoms with Gasteiger partial charge in [-0.25, -0.2) is 4.39 Å². The Morgan fingerprint density at radius 3 is 2.41 bits per heavy atom. The number of nitrogens with zero attached hydrogens (tertiary/aromatic N) is 1. The summed E-state index contributed by atoms with van der Waals surface area (Å²) >= 11 is 0. The van der Waals surface area contributed by atoms with Crippen molar-refractivity contribution < 1.29 is 13.9 Å². The molecular formula is C27H19FN2O2. The van der Waals surface area contributed by atoms with E-state index < -0.39 is 5.91 Å². The lowest BCUT2D eigenvalue weighted by Crippen LogP contribution is -2.13. The molecule has 0 heterocycles. The van der Waals surface area contributed by atoms with Crippen molar-refractivity contribution >= 4 is 28.4 Å². The molecule has 0 unspecified atom stereocenters. The Bertz CT molecular complexity index is 1320. The predicted molar refractivity (Wildman–Crippen MR) is 123 cm³/mol. The fourth-order valence-corrected chi connectivity index (χ4v) is 3.25. The van der Waals surface area contributed by atoms with E-state index in [0.29, 0.717) is 23.6 Å². The van der Waals surface area contributed by atoms with Crippen LogP contribution in [0.15, 0.2) is 96.6 Å². The van der Waals surface area contributed by atoms with Crippen molar-refractivity contribution in [1.29, 1.82) is 5.26 Å². The Kier molecular flexibility index (Phi) is 6.24. The van der Waals surface area contributed by atoms with Crippen molar-refractivity contribution in [2.24, 2.45) is 0 Å². The summed E-state index contributed by atoms with van der Waals surface area (Å²) in [6, 6.07) is 28.5. The van der Waals surface area contributed by atoms with Gasteiger partial charge < -0.3 is 10.1 Å². The minimum atomic E-state index is -0.472. The number of hydrogen-bond acceptors (Lipinski definition) is 3. The fourth-order valence-electron chi connectivity index (χ4n) is 3.25. The third kappa shape index (κ3) is 5.00. The molecule has 0 bridgehead atoms. The van der Waals surface area contributed by atoms with Crippen LogP contribution in [0.3, 0.4) is 0 Å².